The van der Waals surface area contributed by atoms with Gasteiger partial charge in [-0.25, -0.2) is 0 Å². The monoisotopic (exact) mass is 371 g/mol. The predicted octanol–water partition coefficient (Wildman–Crippen LogP) is 4.72. The molecule has 23 heavy (non-hydrogen) atoms. The summed E-state index contributed by atoms with van der Waals surface area (Å²) in [5.41, 5.74) is 5.75. The van der Waals surface area contributed by atoms with Gasteiger partial charge in [0.25, 0.3) is 0 Å². The molecule has 0 atom stereocenters. The summed E-state index contributed by atoms with van der Waals surface area (Å²) in [5.74, 6) is 0.00657. The van der Waals surface area contributed by atoms with Crippen LogP contribution in [0.25, 0.3) is 11.1 Å². The molecule has 1 aliphatic rings. The molecule has 4 heteroatoms. The van der Waals surface area contributed by atoms with E-state index in [2.05, 4.69) is 45.5 Å². The first-order valence-corrected chi connectivity index (χ1v) is 8.59. The van der Waals surface area contributed by atoms with Crippen LogP contribution in [0.3, 0.4) is 0 Å². The molecule has 1 aliphatic carbocycles. The average Bonchev–Trinajstić information content (AvgIpc) is 2.90. The molecule has 1 N–H and O–H groups in total. The van der Waals surface area contributed by atoms with Gasteiger partial charge in [-0.1, -0.05) is 35.0 Å². The summed E-state index contributed by atoms with van der Waals surface area (Å²) in [6.45, 7) is 1.82. The maximum absolute atomic E-state index is 12.0. The Balaban J connectivity index is 1.76. The number of benzene rings is 2. The lowest BCUT2D eigenvalue weighted by atomic mass is 10.1. The summed E-state index contributed by atoms with van der Waals surface area (Å²) in [7, 11) is 0. The second-order valence-electron chi connectivity index (χ2n) is 5.79. The molecule has 2 aromatic carbocycles. The Kier molecular flexibility index (Phi) is 4.62. The van der Waals surface area contributed by atoms with Crippen LogP contribution in [0.15, 0.2) is 40.9 Å². The van der Waals surface area contributed by atoms with Crippen molar-refractivity contribution in [3.8, 4) is 11.1 Å². The normalized spacial score (nSPS) is 11.7. The van der Waals surface area contributed by atoms with Crippen LogP contribution in [-0.4, -0.2) is 11.7 Å². The van der Waals surface area contributed by atoms with E-state index in [1.54, 1.807) is 0 Å². The van der Waals surface area contributed by atoms with E-state index in [4.69, 9.17) is 0 Å². The molecule has 0 spiro atoms. The van der Waals surface area contributed by atoms with Crippen molar-refractivity contribution < 1.29 is 9.59 Å². The lowest BCUT2D eigenvalue weighted by Crippen LogP contribution is -2.13. The van der Waals surface area contributed by atoms with Crippen molar-refractivity contribution in [2.75, 3.05) is 5.32 Å². The highest BCUT2D eigenvalue weighted by atomic mass is 79.9. The Labute approximate surface area is 144 Å². The molecule has 118 valence electrons. The molecule has 0 unspecified atom stereocenters. The zero-order valence-electron chi connectivity index (χ0n) is 13.0. The van der Waals surface area contributed by atoms with Crippen molar-refractivity contribution in [3.05, 3.63) is 52.0 Å². The summed E-state index contributed by atoms with van der Waals surface area (Å²) in [4.78, 5) is 23.3. The first kappa shape index (κ1) is 15.9. The van der Waals surface area contributed by atoms with E-state index >= 15 is 0 Å². The molecule has 0 aliphatic heterocycles. The molecule has 2 aromatic rings. The van der Waals surface area contributed by atoms with E-state index in [1.165, 1.54) is 22.3 Å². The van der Waals surface area contributed by atoms with Gasteiger partial charge in [-0.2, -0.15) is 0 Å². The van der Waals surface area contributed by atoms with Gasteiger partial charge in [-0.3, -0.25) is 9.59 Å². The van der Waals surface area contributed by atoms with E-state index in [0.29, 0.717) is 12.8 Å². The van der Waals surface area contributed by atoms with Crippen LogP contribution in [0.4, 0.5) is 5.69 Å². The maximum atomic E-state index is 12.0. The van der Waals surface area contributed by atoms with Gasteiger partial charge in [0.2, 0.25) is 5.91 Å². The summed E-state index contributed by atoms with van der Waals surface area (Å²) < 4.78 is 1.05. The van der Waals surface area contributed by atoms with Crippen molar-refractivity contribution in [3.63, 3.8) is 0 Å². The van der Waals surface area contributed by atoms with Gasteiger partial charge in [0.05, 0.1) is 0 Å². The quantitative estimate of drug-likeness (QED) is 0.705. The van der Waals surface area contributed by atoms with Crippen LogP contribution < -0.4 is 5.32 Å². The van der Waals surface area contributed by atoms with Crippen molar-refractivity contribution in [2.45, 2.75) is 32.6 Å². The highest BCUT2D eigenvalue weighted by molar-refractivity contribution is 9.10. The molecule has 0 radical (unpaired) electrons. The Morgan fingerprint density at radius 1 is 1.04 bits per heavy atom. The number of hydrogen-bond donors (Lipinski definition) is 1. The van der Waals surface area contributed by atoms with Crippen molar-refractivity contribution in [1.82, 2.24) is 0 Å². The number of fused-ring (bicyclic) bond motifs is 3. The number of halogens is 1. The molecular formula is C19H18BrNO2. The first-order chi connectivity index (χ1) is 11.1. The minimum atomic E-state index is -0.112. The molecule has 1 amide bonds. The Morgan fingerprint density at radius 3 is 2.48 bits per heavy atom. The fraction of sp³-hybridized carbons (Fsp3) is 0.263. The number of anilines is 1. The minimum Gasteiger partial charge on any atom is -0.326 e. The summed E-state index contributed by atoms with van der Waals surface area (Å²) in [6.07, 6.45) is 1.96. The van der Waals surface area contributed by atoms with Crippen molar-refractivity contribution >= 4 is 33.3 Å². The van der Waals surface area contributed by atoms with E-state index in [-0.39, 0.29) is 18.1 Å². The average molecular weight is 372 g/mol. The molecule has 3 nitrogen and oxygen atoms in total. The fourth-order valence-electron chi connectivity index (χ4n) is 2.87. The van der Waals surface area contributed by atoms with Crippen molar-refractivity contribution in [1.29, 1.82) is 0 Å². The largest absolute Gasteiger partial charge is 0.326 e. The van der Waals surface area contributed by atoms with Crippen LogP contribution in [-0.2, 0) is 16.0 Å². The van der Waals surface area contributed by atoms with Crippen LogP contribution in [0.2, 0.25) is 0 Å². The third-order valence-corrected chi connectivity index (χ3v) is 4.66. The fourth-order valence-corrected chi connectivity index (χ4v) is 3.23. The standard InChI is InChI=1S/C19H18BrNO2/c1-2-16(22)7-8-19(23)21-15-6-4-13-9-12-3-5-14(20)10-17(12)18(13)11-15/h3-6,10-11H,2,7-9H2,1H3,(H,21,23). The smallest absolute Gasteiger partial charge is 0.224 e. The number of rotatable bonds is 5. The van der Waals surface area contributed by atoms with E-state index in [9.17, 15) is 9.59 Å². The SMILES string of the molecule is CCC(=O)CCC(=O)Nc1ccc2c(c1)-c1cc(Br)ccc1C2. The van der Waals surface area contributed by atoms with Gasteiger partial charge in [-0.15, -0.1) is 0 Å². The van der Waals surface area contributed by atoms with Gasteiger partial charge in [0, 0.05) is 29.4 Å². The summed E-state index contributed by atoms with van der Waals surface area (Å²) >= 11 is 3.51. The summed E-state index contributed by atoms with van der Waals surface area (Å²) in [5, 5.41) is 2.89. The zero-order valence-corrected chi connectivity index (χ0v) is 14.6. The molecule has 3 rings (SSSR count). The second kappa shape index (κ2) is 6.67. The Bertz CT molecular complexity index is 783. The number of carbonyl (C=O) groups excluding carboxylic acids is 2. The summed E-state index contributed by atoms with van der Waals surface area (Å²) in [6, 6.07) is 12.3. The second-order valence-corrected chi connectivity index (χ2v) is 6.71. The van der Waals surface area contributed by atoms with E-state index in [1.807, 2.05) is 19.1 Å². The topological polar surface area (TPSA) is 46.2 Å². The van der Waals surface area contributed by atoms with Crippen LogP contribution in [0, 0.1) is 0 Å². The van der Waals surface area contributed by atoms with Gasteiger partial charge in [0.1, 0.15) is 5.78 Å². The maximum Gasteiger partial charge on any atom is 0.224 e. The first-order valence-electron chi connectivity index (χ1n) is 7.80. The van der Waals surface area contributed by atoms with Gasteiger partial charge in [0.15, 0.2) is 0 Å². The Hall–Kier alpha value is -1.94. The number of amides is 1. The van der Waals surface area contributed by atoms with Gasteiger partial charge in [-0.05, 0) is 52.9 Å². The lowest BCUT2D eigenvalue weighted by molar-refractivity contribution is -0.122. The number of nitrogens with one attached hydrogen (secondary N) is 1. The molecule has 0 saturated carbocycles. The Morgan fingerprint density at radius 2 is 1.74 bits per heavy atom. The molecule has 0 saturated heterocycles. The van der Waals surface area contributed by atoms with E-state index in [0.717, 1.165) is 16.6 Å². The van der Waals surface area contributed by atoms with Crippen LogP contribution in [0.5, 0.6) is 0 Å². The lowest BCUT2D eigenvalue weighted by Gasteiger charge is -2.08. The molecular weight excluding hydrogens is 354 g/mol. The number of Topliss-reactive ketones (excluding diaryl/α,β-unsaturated/α-hetero) is 1. The molecule has 0 heterocycles. The number of hydrogen-bond acceptors (Lipinski definition) is 2. The third-order valence-electron chi connectivity index (χ3n) is 4.16. The molecule has 0 aromatic heterocycles. The minimum absolute atomic E-state index is 0.112. The van der Waals surface area contributed by atoms with Crippen LogP contribution >= 0.6 is 15.9 Å². The van der Waals surface area contributed by atoms with Crippen LogP contribution in [0.1, 0.15) is 37.3 Å². The number of carbonyl (C=O) groups is 2. The number of ketones is 1. The predicted molar refractivity (Wildman–Crippen MR) is 95.5 cm³/mol. The highest BCUT2D eigenvalue weighted by Gasteiger charge is 2.19. The van der Waals surface area contributed by atoms with Gasteiger partial charge < -0.3 is 5.32 Å². The van der Waals surface area contributed by atoms with E-state index < -0.39 is 0 Å². The van der Waals surface area contributed by atoms with Crippen molar-refractivity contribution in [2.24, 2.45) is 0 Å². The third kappa shape index (κ3) is 3.53. The zero-order chi connectivity index (χ0) is 16.4. The highest BCUT2D eigenvalue weighted by Crippen LogP contribution is 2.39. The van der Waals surface area contributed by atoms with Gasteiger partial charge >= 0.3 is 0 Å². The molecule has 0 fully saturated rings. The molecule has 0 bridgehead atoms.